The van der Waals surface area contributed by atoms with Crippen LogP contribution >= 0.6 is 0 Å². The highest BCUT2D eigenvalue weighted by molar-refractivity contribution is 5.65. The summed E-state index contributed by atoms with van der Waals surface area (Å²) in [5, 5.41) is 22.2. The van der Waals surface area contributed by atoms with Crippen LogP contribution in [0.25, 0.3) is 0 Å². The Labute approximate surface area is 263 Å². The number of hydrogen-bond acceptors (Lipinski definition) is 8. The molecule has 10 heteroatoms. The number of quaternary nitrogens is 2. The van der Waals surface area contributed by atoms with Crippen molar-refractivity contribution in [3.63, 3.8) is 0 Å². The van der Waals surface area contributed by atoms with Gasteiger partial charge in [0.25, 0.3) is 0 Å². The van der Waals surface area contributed by atoms with Crippen LogP contribution in [0, 0.1) is 5.41 Å². The molecule has 256 valence electrons. The van der Waals surface area contributed by atoms with Gasteiger partial charge in [0.2, 0.25) is 0 Å². The summed E-state index contributed by atoms with van der Waals surface area (Å²) < 4.78 is 25.3. The van der Waals surface area contributed by atoms with E-state index in [0.717, 1.165) is 25.7 Å². The van der Waals surface area contributed by atoms with Crippen molar-refractivity contribution in [3.05, 3.63) is 0 Å². The van der Waals surface area contributed by atoms with Crippen LogP contribution in [0.2, 0.25) is 0 Å². The molecule has 0 rings (SSSR count). The van der Waals surface area contributed by atoms with Crippen LogP contribution in [0.3, 0.4) is 0 Å². The number of unbranched alkanes of at least 4 members (excludes halogenated alkanes) is 10. The average Bonchev–Trinajstić information content (AvgIpc) is 2.90. The van der Waals surface area contributed by atoms with E-state index in [-0.39, 0.29) is 22.1 Å². The molecule has 0 amide bonds. The molecule has 0 bridgehead atoms. The summed E-state index contributed by atoms with van der Waals surface area (Å²) in [7, 11) is 7.37. The van der Waals surface area contributed by atoms with Crippen molar-refractivity contribution < 1.29 is 47.7 Å². The van der Waals surface area contributed by atoms with Gasteiger partial charge in [0.05, 0.1) is 85.2 Å². The second-order valence-electron chi connectivity index (χ2n) is 13.6. The quantitative estimate of drug-likeness (QED) is 0.0834. The van der Waals surface area contributed by atoms with Crippen molar-refractivity contribution in [2.45, 2.75) is 90.9 Å². The molecule has 0 spiro atoms. The molecule has 0 saturated carbocycles. The highest BCUT2D eigenvalue weighted by atomic mass is 16.5. The van der Waals surface area contributed by atoms with E-state index in [1.165, 1.54) is 51.4 Å². The molecule has 0 fully saturated rings. The van der Waals surface area contributed by atoms with Gasteiger partial charge in [0.15, 0.2) is 0 Å². The summed E-state index contributed by atoms with van der Waals surface area (Å²) in [5.41, 5.74) is -0.540. The van der Waals surface area contributed by atoms with Crippen molar-refractivity contribution in [2.75, 3.05) is 107 Å². The largest absolute Gasteiger partial charge is 0.544 e. The number of hydrogen-bond donors (Lipinski definition) is 0. The molecule has 0 aromatic heterocycles. The number of likely N-dealkylation sites (N-methyl/N-ethyl adjacent to an activating group) is 2. The fourth-order valence-electron chi connectivity index (χ4n) is 4.85. The fraction of sp³-hybridized carbons (Fsp3) is 0.939. The Hall–Kier alpha value is -1.30. The van der Waals surface area contributed by atoms with Crippen LogP contribution in [0.4, 0.5) is 0 Å². The van der Waals surface area contributed by atoms with Crippen LogP contribution in [0.1, 0.15) is 90.9 Å². The second-order valence-corrected chi connectivity index (χ2v) is 13.6. The SMILES string of the molecule is CCCCCCCCOCC(COCCCCCCCC)(COCC[N+](C)(C)CC(=O)[O-])COCC[N+](C)(C)CC(=O)[O-]. The maximum Gasteiger partial charge on any atom is 0.119 e. The number of carboxylic acids is 2. The molecular formula is C33H66N2O8. The first-order chi connectivity index (χ1) is 20.4. The Morgan fingerprint density at radius 1 is 0.512 bits per heavy atom. The van der Waals surface area contributed by atoms with E-state index in [0.29, 0.717) is 65.9 Å². The van der Waals surface area contributed by atoms with Crippen molar-refractivity contribution in [3.8, 4) is 0 Å². The zero-order chi connectivity index (χ0) is 32.5. The van der Waals surface area contributed by atoms with E-state index in [4.69, 9.17) is 18.9 Å². The van der Waals surface area contributed by atoms with Gasteiger partial charge in [-0.25, -0.2) is 0 Å². The van der Waals surface area contributed by atoms with Gasteiger partial charge in [-0.05, 0) is 12.8 Å². The normalized spacial score (nSPS) is 12.6. The molecule has 0 aromatic rings. The third kappa shape index (κ3) is 25.7. The van der Waals surface area contributed by atoms with E-state index in [2.05, 4.69) is 13.8 Å². The first-order valence-electron chi connectivity index (χ1n) is 16.7. The van der Waals surface area contributed by atoms with Gasteiger partial charge < -0.3 is 47.7 Å². The van der Waals surface area contributed by atoms with Crippen LogP contribution in [-0.2, 0) is 28.5 Å². The zero-order valence-electron chi connectivity index (χ0n) is 28.6. The third-order valence-electron chi connectivity index (χ3n) is 7.71. The summed E-state index contributed by atoms with van der Waals surface area (Å²) in [4.78, 5) is 22.2. The molecule has 0 heterocycles. The lowest BCUT2D eigenvalue weighted by Crippen LogP contribution is -2.51. The average molecular weight is 619 g/mol. The Kier molecular flexibility index (Phi) is 24.2. The van der Waals surface area contributed by atoms with Crippen molar-refractivity contribution >= 4 is 11.9 Å². The number of aliphatic carboxylic acids is 2. The van der Waals surface area contributed by atoms with Gasteiger partial charge in [0, 0.05) is 13.2 Å². The zero-order valence-corrected chi connectivity index (χ0v) is 28.6. The molecule has 0 saturated heterocycles. The molecule has 0 N–H and O–H groups in total. The van der Waals surface area contributed by atoms with E-state index < -0.39 is 17.4 Å². The van der Waals surface area contributed by atoms with Gasteiger partial charge in [-0.2, -0.15) is 0 Å². The second kappa shape index (κ2) is 25.0. The van der Waals surface area contributed by atoms with Crippen LogP contribution < -0.4 is 10.2 Å². The predicted octanol–water partition coefficient (Wildman–Crippen LogP) is 2.41. The van der Waals surface area contributed by atoms with E-state index in [1.54, 1.807) is 0 Å². The van der Waals surface area contributed by atoms with Crippen LogP contribution in [0.15, 0.2) is 0 Å². The lowest BCUT2D eigenvalue weighted by molar-refractivity contribution is -0.885. The number of ether oxygens (including phenoxy) is 4. The number of rotatable bonds is 32. The first kappa shape index (κ1) is 41.7. The maximum atomic E-state index is 11.1. The third-order valence-corrected chi connectivity index (χ3v) is 7.71. The van der Waals surface area contributed by atoms with Crippen molar-refractivity contribution in [1.29, 1.82) is 0 Å². The Balaban J connectivity index is 5.28. The van der Waals surface area contributed by atoms with Crippen LogP contribution in [-0.4, -0.2) is 128 Å². The number of carboxylic acid groups (broad SMARTS) is 2. The van der Waals surface area contributed by atoms with Crippen molar-refractivity contribution in [2.24, 2.45) is 5.41 Å². The highest BCUT2D eigenvalue weighted by Crippen LogP contribution is 2.22. The van der Waals surface area contributed by atoms with Gasteiger partial charge >= 0.3 is 0 Å². The van der Waals surface area contributed by atoms with Crippen molar-refractivity contribution in [1.82, 2.24) is 0 Å². The molecular weight excluding hydrogens is 552 g/mol. The smallest absolute Gasteiger partial charge is 0.119 e. The lowest BCUT2D eigenvalue weighted by atomic mass is 9.92. The molecule has 0 radical (unpaired) electrons. The minimum atomic E-state index is -1.08. The summed E-state index contributed by atoms with van der Waals surface area (Å²) >= 11 is 0. The molecule has 0 aliphatic heterocycles. The Morgan fingerprint density at radius 2 is 0.814 bits per heavy atom. The maximum absolute atomic E-state index is 11.1. The van der Waals surface area contributed by atoms with Gasteiger partial charge in [-0.15, -0.1) is 0 Å². The molecule has 10 nitrogen and oxygen atoms in total. The van der Waals surface area contributed by atoms with Gasteiger partial charge in [-0.3, -0.25) is 0 Å². The number of nitrogens with zero attached hydrogens (tertiary/aromatic N) is 2. The monoisotopic (exact) mass is 618 g/mol. The molecule has 43 heavy (non-hydrogen) atoms. The van der Waals surface area contributed by atoms with E-state index in [1.807, 2.05) is 28.2 Å². The lowest BCUT2D eigenvalue weighted by Gasteiger charge is -2.35. The molecule has 0 aromatic carbocycles. The standard InChI is InChI=1S/C33H66N2O8/c1-7-9-11-13-15-17-21-40-27-33(28-41-22-18-16-14-12-10-8-2,29-42-23-19-34(3,4)25-31(36)37)30-43-24-20-35(5,6)26-32(38)39/h7-30H2,1-6H3. The summed E-state index contributed by atoms with van der Waals surface area (Å²) in [6, 6.07) is 0. The fourth-order valence-corrected chi connectivity index (χ4v) is 4.85. The summed E-state index contributed by atoms with van der Waals surface area (Å²) in [6.45, 7) is 8.95. The van der Waals surface area contributed by atoms with Crippen LogP contribution in [0.5, 0.6) is 0 Å². The van der Waals surface area contributed by atoms with Gasteiger partial charge in [-0.1, -0.05) is 78.1 Å². The molecule has 0 unspecified atom stereocenters. The molecule has 0 atom stereocenters. The minimum Gasteiger partial charge on any atom is -0.544 e. The summed E-state index contributed by atoms with van der Waals surface area (Å²) in [6.07, 6.45) is 14.2. The first-order valence-corrected chi connectivity index (χ1v) is 16.7. The Morgan fingerprint density at radius 3 is 1.14 bits per heavy atom. The predicted molar refractivity (Wildman–Crippen MR) is 166 cm³/mol. The topological polar surface area (TPSA) is 117 Å². The number of carbonyl (C=O) groups excluding carboxylic acids is 2. The minimum absolute atomic E-state index is 0.0831. The Bertz CT molecular complexity index is 644. The van der Waals surface area contributed by atoms with Gasteiger partial charge in [0.1, 0.15) is 26.2 Å². The van der Waals surface area contributed by atoms with E-state index in [9.17, 15) is 19.8 Å². The molecule has 0 aliphatic rings. The summed E-state index contributed by atoms with van der Waals surface area (Å²) in [5.74, 6) is -2.17. The highest BCUT2D eigenvalue weighted by Gasteiger charge is 2.33. The number of carbonyl (C=O) groups is 2. The molecule has 0 aliphatic carbocycles. The van der Waals surface area contributed by atoms with E-state index >= 15 is 0 Å².